The highest BCUT2D eigenvalue weighted by Gasteiger charge is 2.26. The van der Waals surface area contributed by atoms with Gasteiger partial charge in [0.25, 0.3) is 0 Å². The van der Waals surface area contributed by atoms with E-state index in [-0.39, 0.29) is 21.8 Å². The summed E-state index contributed by atoms with van der Waals surface area (Å²) in [6.45, 7) is 1.33. The summed E-state index contributed by atoms with van der Waals surface area (Å²) in [5.41, 5.74) is 0.436. The van der Waals surface area contributed by atoms with Gasteiger partial charge in [-0.2, -0.15) is 9.57 Å². The first-order chi connectivity index (χ1) is 12.5. The maximum Gasteiger partial charge on any atom is 0.343 e. The third-order valence-corrected chi connectivity index (χ3v) is 5.82. The first-order valence-electron chi connectivity index (χ1n) is 7.91. The van der Waals surface area contributed by atoms with Crippen molar-refractivity contribution in [3.8, 4) is 11.8 Å². The van der Waals surface area contributed by atoms with Crippen LogP contribution in [0.5, 0.6) is 5.75 Å². The Hall–Kier alpha value is -2.73. The van der Waals surface area contributed by atoms with Gasteiger partial charge in [-0.1, -0.05) is 12.1 Å². The van der Waals surface area contributed by atoms with Gasteiger partial charge in [0.2, 0.25) is 10.0 Å². The van der Waals surface area contributed by atoms with E-state index in [9.17, 15) is 13.2 Å². The number of sulfonamides is 1. The van der Waals surface area contributed by atoms with Gasteiger partial charge in [-0.15, -0.1) is 0 Å². The van der Waals surface area contributed by atoms with Crippen molar-refractivity contribution in [3.05, 3.63) is 59.7 Å². The fraction of sp³-hybridized carbons (Fsp3) is 0.222. The van der Waals surface area contributed by atoms with Gasteiger partial charge in [0.15, 0.2) is 0 Å². The van der Waals surface area contributed by atoms with E-state index in [2.05, 4.69) is 0 Å². The fourth-order valence-corrected chi connectivity index (χ4v) is 3.91. The van der Waals surface area contributed by atoms with E-state index < -0.39 is 16.0 Å². The molecule has 1 saturated heterocycles. The first kappa shape index (κ1) is 18.1. The summed E-state index contributed by atoms with van der Waals surface area (Å²) in [7, 11) is -3.62. The topological polar surface area (TPSA) is 96.7 Å². The highest BCUT2D eigenvalue weighted by atomic mass is 32.2. The van der Waals surface area contributed by atoms with Gasteiger partial charge in [-0.05, 0) is 36.4 Å². The van der Waals surface area contributed by atoms with Crippen molar-refractivity contribution in [1.29, 1.82) is 5.26 Å². The zero-order valence-electron chi connectivity index (χ0n) is 13.8. The molecule has 0 aromatic heterocycles. The van der Waals surface area contributed by atoms with E-state index in [0.717, 1.165) is 0 Å². The monoisotopic (exact) mass is 372 g/mol. The van der Waals surface area contributed by atoms with Crippen LogP contribution in [0.3, 0.4) is 0 Å². The van der Waals surface area contributed by atoms with Crippen LogP contribution >= 0.6 is 0 Å². The SMILES string of the molecule is N#Cc1ccccc1OC(=O)c1ccc(S(=O)(=O)N2CCOCC2)cc1. The Labute approximate surface area is 151 Å². The molecule has 1 aliphatic rings. The van der Waals surface area contributed by atoms with Gasteiger partial charge in [0.05, 0.1) is 29.2 Å². The van der Waals surface area contributed by atoms with Gasteiger partial charge in [-0.3, -0.25) is 0 Å². The van der Waals surface area contributed by atoms with Crippen molar-refractivity contribution in [2.45, 2.75) is 4.90 Å². The molecular formula is C18H16N2O5S. The maximum absolute atomic E-state index is 12.6. The Kier molecular flexibility index (Phi) is 5.32. The minimum Gasteiger partial charge on any atom is -0.422 e. The van der Waals surface area contributed by atoms with E-state index in [0.29, 0.717) is 26.3 Å². The summed E-state index contributed by atoms with van der Waals surface area (Å²) >= 11 is 0. The standard InChI is InChI=1S/C18H16N2O5S/c19-13-15-3-1-2-4-17(15)25-18(21)14-5-7-16(8-6-14)26(22,23)20-9-11-24-12-10-20/h1-8H,9-12H2. The van der Waals surface area contributed by atoms with E-state index in [1.807, 2.05) is 6.07 Å². The molecule has 0 saturated carbocycles. The molecule has 134 valence electrons. The average molecular weight is 372 g/mol. The Morgan fingerprint density at radius 2 is 1.73 bits per heavy atom. The van der Waals surface area contributed by atoms with Gasteiger partial charge < -0.3 is 9.47 Å². The van der Waals surface area contributed by atoms with E-state index >= 15 is 0 Å². The van der Waals surface area contributed by atoms with Crippen LogP contribution in [-0.2, 0) is 14.8 Å². The zero-order valence-corrected chi connectivity index (χ0v) is 14.6. The van der Waals surface area contributed by atoms with Crippen LogP contribution in [0.1, 0.15) is 15.9 Å². The highest BCUT2D eigenvalue weighted by molar-refractivity contribution is 7.89. The second-order valence-electron chi connectivity index (χ2n) is 5.54. The van der Waals surface area contributed by atoms with Crippen molar-refractivity contribution in [1.82, 2.24) is 4.31 Å². The van der Waals surface area contributed by atoms with Crippen molar-refractivity contribution in [2.75, 3.05) is 26.3 Å². The number of carbonyl (C=O) groups is 1. The quantitative estimate of drug-likeness (QED) is 0.600. The lowest BCUT2D eigenvalue weighted by Gasteiger charge is -2.26. The predicted molar refractivity (Wildman–Crippen MR) is 92.1 cm³/mol. The molecule has 2 aromatic carbocycles. The largest absolute Gasteiger partial charge is 0.422 e. The molecule has 3 rings (SSSR count). The molecule has 1 aliphatic heterocycles. The van der Waals surface area contributed by atoms with Gasteiger partial charge in [0, 0.05) is 13.1 Å². The van der Waals surface area contributed by atoms with Gasteiger partial charge in [-0.25, -0.2) is 13.2 Å². The molecule has 0 spiro atoms. The molecule has 0 atom stereocenters. The van der Waals surface area contributed by atoms with Crippen LogP contribution in [-0.4, -0.2) is 45.0 Å². The molecule has 0 bridgehead atoms. The number of nitriles is 1. The lowest BCUT2D eigenvalue weighted by atomic mass is 10.2. The lowest BCUT2D eigenvalue weighted by Crippen LogP contribution is -2.40. The Balaban J connectivity index is 1.77. The lowest BCUT2D eigenvalue weighted by molar-refractivity contribution is 0.0730. The Bertz CT molecular complexity index is 942. The number of benzene rings is 2. The normalized spacial score (nSPS) is 15.2. The molecule has 0 amide bonds. The number of para-hydroxylation sites is 1. The molecular weight excluding hydrogens is 356 g/mol. The third-order valence-electron chi connectivity index (χ3n) is 3.91. The molecule has 2 aromatic rings. The van der Waals surface area contributed by atoms with Crippen LogP contribution in [0.4, 0.5) is 0 Å². The molecule has 8 heteroatoms. The molecule has 0 radical (unpaired) electrons. The summed E-state index contributed by atoms with van der Waals surface area (Å²) in [6.07, 6.45) is 0. The second kappa shape index (κ2) is 7.66. The van der Waals surface area contributed by atoms with Gasteiger partial charge in [0.1, 0.15) is 11.8 Å². The number of esters is 1. The van der Waals surface area contributed by atoms with E-state index in [4.69, 9.17) is 14.7 Å². The van der Waals surface area contributed by atoms with Crippen LogP contribution in [0.25, 0.3) is 0 Å². The van der Waals surface area contributed by atoms with Crippen LogP contribution in [0.15, 0.2) is 53.4 Å². The van der Waals surface area contributed by atoms with E-state index in [1.54, 1.807) is 18.2 Å². The number of nitrogens with zero attached hydrogens (tertiary/aromatic N) is 2. The smallest absolute Gasteiger partial charge is 0.343 e. The van der Waals surface area contributed by atoms with Crippen molar-refractivity contribution >= 4 is 16.0 Å². The number of rotatable bonds is 4. The molecule has 26 heavy (non-hydrogen) atoms. The third kappa shape index (κ3) is 3.75. The molecule has 0 aliphatic carbocycles. The molecule has 7 nitrogen and oxygen atoms in total. The molecule has 0 unspecified atom stereocenters. The summed E-state index contributed by atoms with van der Waals surface area (Å²) in [6, 6.07) is 13.9. The Morgan fingerprint density at radius 1 is 1.08 bits per heavy atom. The van der Waals surface area contributed by atoms with Gasteiger partial charge >= 0.3 is 5.97 Å². The zero-order chi connectivity index (χ0) is 18.6. The number of hydrogen-bond donors (Lipinski definition) is 0. The number of morpholine rings is 1. The van der Waals surface area contributed by atoms with Crippen LogP contribution in [0.2, 0.25) is 0 Å². The average Bonchev–Trinajstić information content (AvgIpc) is 2.69. The predicted octanol–water partition coefficient (Wildman–Crippen LogP) is 1.80. The van der Waals surface area contributed by atoms with Crippen molar-refractivity contribution in [3.63, 3.8) is 0 Å². The fourth-order valence-electron chi connectivity index (χ4n) is 2.51. The molecule has 1 fully saturated rings. The minimum atomic E-state index is -3.62. The van der Waals surface area contributed by atoms with E-state index in [1.165, 1.54) is 34.6 Å². The first-order valence-corrected chi connectivity index (χ1v) is 9.35. The van der Waals surface area contributed by atoms with Crippen molar-refractivity contribution < 1.29 is 22.7 Å². The number of ether oxygens (including phenoxy) is 2. The summed E-state index contributed by atoms with van der Waals surface area (Å²) in [5.74, 6) is -0.506. The minimum absolute atomic E-state index is 0.105. The molecule has 0 N–H and O–H groups in total. The summed E-state index contributed by atoms with van der Waals surface area (Å²) in [5, 5.41) is 9.03. The number of hydrogen-bond acceptors (Lipinski definition) is 6. The number of carbonyl (C=O) groups excluding carboxylic acids is 1. The van der Waals surface area contributed by atoms with Crippen LogP contribution < -0.4 is 4.74 Å². The second-order valence-corrected chi connectivity index (χ2v) is 7.48. The Morgan fingerprint density at radius 3 is 2.38 bits per heavy atom. The molecule has 1 heterocycles. The summed E-state index contributed by atoms with van der Waals surface area (Å²) in [4.78, 5) is 12.3. The highest BCUT2D eigenvalue weighted by Crippen LogP contribution is 2.20. The maximum atomic E-state index is 12.6. The summed E-state index contributed by atoms with van der Waals surface area (Å²) < 4.78 is 36.9. The van der Waals surface area contributed by atoms with Crippen molar-refractivity contribution in [2.24, 2.45) is 0 Å². The van der Waals surface area contributed by atoms with Crippen LogP contribution in [0, 0.1) is 11.3 Å².